The minimum absolute atomic E-state index is 0.211. The first-order valence-corrected chi connectivity index (χ1v) is 11.7. The molecule has 2 amide bonds. The molecule has 30 heavy (non-hydrogen) atoms. The fourth-order valence-corrected chi connectivity index (χ4v) is 4.21. The van der Waals surface area contributed by atoms with Gasteiger partial charge in [0.15, 0.2) is 0 Å². The highest BCUT2D eigenvalue weighted by Gasteiger charge is 2.27. The second-order valence-corrected chi connectivity index (χ2v) is 8.74. The van der Waals surface area contributed by atoms with Crippen LogP contribution in [0.2, 0.25) is 0 Å². The summed E-state index contributed by atoms with van der Waals surface area (Å²) in [7, 11) is -3.00. The predicted octanol–water partition coefficient (Wildman–Crippen LogP) is 3.04. The van der Waals surface area contributed by atoms with E-state index in [2.05, 4.69) is 20.1 Å². The monoisotopic (exact) mass is 455 g/mol. The Morgan fingerprint density at radius 3 is 2.23 bits per heavy atom. The highest BCUT2D eigenvalue weighted by atomic mass is 32.2. The second kappa shape index (κ2) is 11.0. The van der Waals surface area contributed by atoms with Crippen LogP contribution in [0.25, 0.3) is 0 Å². The lowest BCUT2D eigenvalue weighted by Gasteiger charge is -2.18. The van der Waals surface area contributed by atoms with Crippen LogP contribution in [0.4, 0.5) is 20.6 Å². The number of thioether (sulfide) groups is 1. The minimum atomic E-state index is -4.24. The van der Waals surface area contributed by atoms with Crippen LogP contribution in [-0.4, -0.2) is 45.6 Å². The number of sulfonamides is 1. The van der Waals surface area contributed by atoms with Gasteiger partial charge >= 0.3 is 6.09 Å². The van der Waals surface area contributed by atoms with Gasteiger partial charge in [0.25, 0.3) is 0 Å². The van der Waals surface area contributed by atoms with Crippen molar-refractivity contribution in [2.45, 2.75) is 17.4 Å². The van der Waals surface area contributed by atoms with Crippen molar-refractivity contribution in [1.29, 1.82) is 0 Å². The molecule has 0 aliphatic heterocycles. The van der Waals surface area contributed by atoms with Gasteiger partial charge < -0.3 is 10.1 Å². The van der Waals surface area contributed by atoms with E-state index in [-0.39, 0.29) is 6.42 Å². The van der Waals surface area contributed by atoms with E-state index in [1.54, 1.807) is 24.3 Å². The van der Waals surface area contributed by atoms with Crippen molar-refractivity contribution in [2.24, 2.45) is 0 Å². The number of rotatable bonds is 9. The summed E-state index contributed by atoms with van der Waals surface area (Å²) in [6.45, 7) is 0. The number of carbonyl (C=O) groups is 2. The summed E-state index contributed by atoms with van der Waals surface area (Å²) in [5.74, 6) is -0.972. The van der Waals surface area contributed by atoms with Crippen molar-refractivity contribution < 1.29 is 27.1 Å². The van der Waals surface area contributed by atoms with Crippen molar-refractivity contribution in [3.05, 3.63) is 54.3 Å². The number of anilines is 2. The standard InChI is InChI=1S/C19H22FN3O5S2/c1-28-19(25)22-14-9-7-13(8-10-14)21-18(24)16(11-12-29-2)23-30(26,27)17-6-4-3-5-15(17)20/h3-10,16,23H,11-12H2,1-2H3,(H,21,24)(H,22,25). The van der Waals surface area contributed by atoms with Crippen LogP contribution in [0.15, 0.2) is 53.4 Å². The molecule has 1 atom stereocenters. The molecule has 0 saturated carbocycles. The molecule has 0 aliphatic carbocycles. The smallest absolute Gasteiger partial charge is 0.411 e. The number of halogens is 1. The molecule has 11 heteroatoms. The van der Waals surface area contributed by atoms with Gasteiger partial charge in [-0.3, -0.25) is 10.1 Å². The number of methoxy groups -OCH3 is 1. The van der Waals surface area contributed by atoms with Gasteiger partial charge in [0.2, 0.25) is 15.9 Å². The van der Waals surface area contributed by atoms with E-state index < -0.39 is 38.8 Å². The number of hydrogen-bond acceptors (Lipinski definition) is 6. The van der Waals surface area contributed by atoms with Gasteiger partial charge in [0.05, 0.1) is 7.11 Å². The van der Waals surface area contributed by atoms with Gasteiger partial charge in [-0.25, -0.2) is 17.6 Å². The first kappa shape index (κ1) is 23.6. The van der Waals surface area contributed by atoms with Crippen LogP contribution >= 0.6 is 11.8 Å². The normalized spacial score (nSPS) is 12.1. The summed E-state index contributed by atoms with van der Waals surface area (Å²) >= 11 is 1.45. The molecule has 0 bridgehead atoms. The maximum absolute atomic E-state index is 13.9. The number of benzene rings is 2. The second-order valence-electron chi connectivity index (χ2n) is 6.07. The molecule has 2 rings (SSSR count). The van der Waals surface area contributed by atoms with Crippen LogP contribution in [0.3, 0.4) is 0 Å². The molecular formula is C19H22FN3O5S2. The number of amides is 2. The third-order valence-corrected chi connectivity index (χ3v) is 6.08. The maximum Gasteiger partial charge on any atom is 0.411 e. The van der Waals surface area contributed by atoms with Crippen LogP contribution in [0.1, 0.15) is 6.42 Å². The lowest BCUT2D eigenvalue weighted by atomic mass is 10.2. The molecule has 0 heterocycles. The van der Waals surface area contributed by atoms with Gasteiger partial charge in [0.1, 0.15) is 16.8 Å². The van der Waals surface area contributed by atoms with Crippen molar-refractivity contribution in [1.82, 2.24) is 4.72 Å². The van der Waals surface area contributed by atoms with Gasteiger partial charge in [-0.1, -0.05) is 12.1 Å². The first-order valence-electron chi connectivity index (χ1n) is 8.78. The zero-order valence-electron chi connectivity index (χ0n) is 16.3. The van der Waals surface area contributed by atoms with Crippen molar-refractivity contribution in [2.75, 3.05) is 29.8 Å². The van der Waals surface area contributed by atoms with Gasteiger partial charge in [-0.15, -0.1) is 0 Å². The fourth-order valence-electron chi connectivity index (χ4n) is 2.43. The topological polar surface area (TPSA) is 114 Å². The summed E-state index contributed by atoms with van der Waals surface area (Å²) in [5.41, 5.74) is 0.855. The molecule has 0 aliphatic rings. The van der Waals surface area contributed by atoms with Crippen LogP contribution in [0, 0.1) is 5.82 Å². The third kappa shape index (κ3) is 6.71. The Morgan fingerprint density at radius 1 is 1.07 bits per heavy atom. The molecule has 1 unspecified atom stereocenters. The van der Waals surface area contributed by atoms with Crippen LogP contribution < -0.4 is 15.4 Å². The Morgan fingerprint density at radius 2 is 1.67 bits per heavy atom. The molecule has 8 nitrogen and oxygen atoms in total. The molecule has 0 radical (unpaired) electrons. The molecular weight excluding hydrogens is 433 g/mol. The molecule has 0 spiro atoms. The zero-order valence-corrected chi connectivity index (χ0v) is 18.0. The highest BCUT2D eigenvalue weighted by molar-refractivity contribution is 7.98. The Bertz CT molecular complexity index is 984. The van der Waals surface area contributed by atoms with E-state index in [9.17, 15) is 22.4 Å². The Hall–Kier alpha value is -2.63. The molecule has 162 valence electrons. The number of carbonyl (C=O) groups excluding carboxylic acids is 2. The molecule has 0 aromatic heterocycles. The summed E-state index contributed by atoms with van der Waals surface area (Å²) in [4.78, 5) is 23.4. The van der Waals surface area contributed by atoms with E-state index in [0.717, 1.165) is 12.1 Å². The molecule has 0 fully saturated rings. The number of nitrogens with one attached hydrogen (secondary N) is 3. The molecule has 3 N–H and O–H groups in total. The lowest BCUT2D eigenvalue weighted by Crippen LogP contribution is -2.44. The maximum atomic E-state index is 13.9. The van der Waals surface area contributed by atoms with Crippen LogP contribution in [-0.2, 0) is 19.6 Å². The molecule has 0 saturated heterocycles. The predicted molar refractivity (Wildman–Crippen MR) is 115 cm³/mol. The quantitative estimate of drug-likeness (QED) is 0.536. The molecule has 2 aromatic carbocycles. The van der Waals surface area contributed by atoms with Gasteiger partial charge in [0, 0.05) is 11.4 Å². The summed E-state index contributed by atoms with van der Waals surface area (Å²) in [5, 5.41) is 5.09. The fraction of sp³-hybridized carbons (Fsp3) is 0.263. The summed E-state index contributed by atoms with van der Waals surface area (Å²) < 4.78 is 45.8. The van der Waals surface area contributed by atoms with Gasteiger partial charge in [-0.2, -0.15) is 16.5 Å². The van der Waals surface area contributed by atoms with Crippen LogP contribution in [0.5, 0.6) is 0 Å². The van der Waals surface area contributed by atoms with Crippen molar-refractivity contribution >= 4 is 45.2 Å². The minimum Gasteiger partial charge on any atom is -0.453 e. The van der Waals surface area contributed by atoms with E-state index in [1.165, 1.54) is 31.0 Å². The average Bonchev–Trinajstić information content (AvgIpc) is 2.72. The van der Waals surface area contributed by atoms with E-state index >= 15 is 0 Å². The summed E-state index contributed by atoms with van der Waals surface area (Å²) in [6.07, 6.45) is 1.40. The highest BCUT2D eigenvalue weighted by Crippen LogP contribution is 2.17. The van der Waals surface area contributed by atoms with Crippen molar-refractivity contribution in [3.63, 3.8) is 0 Å². The Balaban J connectivity index is 2.13. The number of hydrogen-bond donors (Lipinski definition) is 3. The SMILES string of the molecule is COC(=O)Nc1ccc(NC(=O)C(CCSC)NS(=O)(=O)c2ccccc2F)cc1. The van der Waals surface area contributed by atoms with E-state index in [1.807, 2.05) is 6.26 Å². The Labute approximate surface area is 178 Å². The largest absolute Gasteiger partial charge is 0.453 e. The third-order valence-electron chi connectivity index (χ3n) is 3.93. The average molecular weight is 456 g/mol. The number of ether oxygens (including phenoxy) is 1. The summed E-state index contributed by atoms with van der Waals surface area (Å²) in [6, 6.07) is 10.0. The lowest BCUT2D eigenvalue weighted by molar-refractivity contribution is -0.117. The molecule has 2 aromatic rings. The first-order chi connectivity index (χ1) is 14.3. The zero-order chi connectivity index (χ0) is 22.1. The van der Waals surface area contributed by atoms with E-state index in [0.29, 0.717) is 17.1 Å². The Kier molecular flexibility index (Phi) is 8.63. The van der Waals surface area contributed by atoms with Crippen molar-refractivity contribution in [3.8, 4) is 0 Å². The van der Waals surface area contributed by atoms with Gasteiger partial charge in [-0.05, 0) is 54.8 Å². The van der Waals surface area contributed by atoms with E-state index in [4.69, 9.17) is 0 Å².